The molecule has 0 saturated carbocycles. The van der Waals surface area contributed by atoms with Crippen LogP contribution in [0.25, 0.3) is 10.8 Å². The zero-order valence-corrected chi connectivity index (χ0v) is 20.1. The summed E-state index contributed by atoms with van der Waals surface area (Å²) in [4.78, 5) is 15.9. The van der Waals surface area contributed by atoms with Gasteiger partial charge in [0.2, 0.25) is 0 Å². The zero-order valence-electron chi connectivity index (χ0n) is 20.1. The minimum absolute atomic E-state index is 0.101. The number of fused-ring (bicyclic) bond motifs is 1. The van der Waals surface area contributed by atoms with Crippen molar-refractivity contribution in [1.82, 2.24) is 10.3 Å². The maximum Gasteiger partial charge on any atom is 0.339 e. The maximum absolute atomic E-state index is 12.0. The molecule has 1 saturated heterocycles. The largest absolute Gasteiger partial charge is 0.490 e. The summed E-state index contributed by atoms with van der Waals surface area (Å²) in [6, 6.07) is 26.5. The Bertz CT molecular complexity index is 1280. The van der Waals surface area contributed by atoms with Crippen molar-refractivity contribution >= 4 is 16.7 Å². The van der Waals surface area contributed by atoms with E-state index in [-0.39, 0.29) is 19.3 Å². The first-order chi connectivity index (χ1) is 17.8. The first-order valence-electron chi connectivity index (χ1n) is 12.4. The van der Waals surface area contributed by atoms with Gasteiger partial charge < -0.3 is 19.5 Å². The molecule has 1 N–H and O–H groups in total. The number of rotatable bonds is 9. The van der Waals surface area contributed by atoms with Crippen LogP contribution < -0.4 is 10.1 Å². The Balaban J connectivity index is 1.13. The van der Waals surface area contributed by atoms with Crippen LogP contribution in [0.5, 0.6) is 5.75 Å². The van der Waals surface area contributed by atoms with Crippen molar-refractivity contribution in [3.8, 4) is 5.75 Å². The fourth-order valence-electron chi connectivity index (χ4n) is 4.59. The normalized spacial score (nSPS) is 17.6. The highest BCUT2D eigenvalue weighted by Crippen LogP contribution is 2.30. The van der Waals surface area contributed by atoms with E-state index in [2.05, 4.69) is 64.9 Å². The molecule has 2 atom stereocenters. The first-order valence-corrected chi connectivity index (χ1v) is 12.4. The summed E-state index contributed by atoms with van der Waals surface area (Å²) in [6.45, 7) is 2.86. The molecule has 2 heterocycles. The van der Waals surface area contributed by atoms with Gasteiger partial charge in [-0.05, 0) is 65.2 Å². The van der Waals surface area contributed by atoms with Gasteiger partial charge in [-0.2, -0.15) is 0 Å². The van der Waals surface area contributed by atoms with Crippen LogP contribution in [-0.4, -0.2) is 43.4 Å². The molecule has 6 heteroatoms. The number of carbonyl (C=O) groups excluding carboxylic acids is 1. The van der Waals surface area contributed by atoms with Crippen LogP contribution in [-0.2, 0) is 16.1 Å². The Labute approximate surface area is 211 Å². The molecular formula is C30H30N2O4. The molecule has 0 amide bonds. The van der Waals surface area contributed by atoms with E-state index in [1.54, 1.807) is 18.3 Å². The third-order valence-electron chi connectivity index (χ3n) is 6.50. The van der Waals surface area contributed by atoms with Crippen LogP contribution in [0, 0.1) is 0 Å². The molecule has 6 nitrogen and oxygen atoms in total. The molecular weight excluding hydrogens is 452 g/mol. The summed E-state index contributed by atoms with van der Waals surface area (Å²) in [7, 11) is 0. The smallest absolute Gasteiger partial charge is 0.339 e. The second kappa shape index (κ2) is 11.8. The van der Waals surface area contributed by atoms with Gasteiger partial charge in [-0.1, -0.05) is 48.5 Å². The third-order valence-corrected chi connectivity index (χ3v) is 6.50. The van der Waals surface area contributed by atoms with Gasteiger partial charge in [-0.3, -0.25) is 4.98 Å². The lowest BCUT2D eigenvalue weighted by molar-refractivity contribution is 0.0106. The summed E-state index contributed by atoms with van der Waals surface area (Å²) >= 11 is 0. The van der Waals surface area contributed by atoms with Crippen molar-refractivity contribution < 1.29 is 19.0 Å². The van der Waals surface area contributed by atoms with Gasteiger partial charge in [0.25, 0.3) is 0 Å². The Hall–Kier alpha value is -3.74. The van der Waals surface area contributed by atoms with Gasteiger partial charge in [0.05, 0.1) is 18.3 Å². The molecule has 3 aromatic carbocycles. The molecule has 1 aliphatic heterocycles. The van der Waals surface area contributed by atoms with E-state index in [0.29, 0.717) is 18.1 Å². The van der Waals surface area contributed by atoms with Crippen molar-refractivity contribution in [2.45, 2.75) is 25.0 Å². The number of nitrogens with zero attached hydrogens (tertiary/aromatic N) is 1. The third kappa shape index (κ3) is 6.08. The summed E-state index contributed by atoms with van der Waals surface area (Å²) in [5.41, 5.74) is 2.86. The van der Waals surface area contributed by atoms with E-state index < -0.39 is 5.97 Å². The second-order valence-corrected chi connectivity index (χ2v) is 8.93. The highest BCUT2D eigenvalue weighted by molar-refractivity contribution is 5.88. The van der Waals surface area contributed by atoms with Crippen LogP contribution in [0.4, 0.5) is 0 Å². The van der Waals surface area contributed by atoms with E-state index in [0.717, 1.165) is 25.3 Å². The molecule has 5 rings (SSSR count). The van der Waals surface area contributed by atoms with Crippen LogP contribution in [0.1, 0.15) is 33.8 Å². The molecule has 0 radical (unpaired) electrons. The van der Waals surface area contributed by atoms with E-state index >= 15 is 0 Å². The number of nitrogens with one attached hydrogen (secondary N) is 1. The van der Waals surface area contributed by atoms with Gasteiger partial charge in [0.1, 0.15) is 19.0 Å². The predicted molar refractivity (Wildman–Crippen MR) is 139 cm³/mol. The Morgan fingerprint density at radius 1 is 0.944 bits per heavy atom. The Kier molecular flexibility index (Phi) is 7.86. The van der Waals surface area contributed by atoms with E-state index in [1.807, 2.05) is 12.1 Å². The van der Waals surface area contributed by atoms with Gasteiger partial charge in [0.15, 0.2) is 0 Å². The summed E-state index contributed by atoms with van der Waals surface area (Å²) in [5.74, 6) is 0.669. The number of hydrogen-bond acceptors (Lipinski definition) is 6. The highest BCUT2D eigenvalue weighted by Gasteiger charge is 2.27. The minimum Gasteiger partial charge on any atom is -0.490 e. The van der Waals surface area contributed by atoms with Crippen LogP contribution >= 0.6 is 0 Å². The number of pyridine rings is 1. The molecule has 1 aromatic heterocycles. The van der Waals surface area contributed by atoms with Crippen LogP contribution in [0.3, 0.4) is 0 Å². The number of aromatic nitrogens is 1. The molecule has 2 unspecified atom stereocenters. The van der Waals surface area contributed by atoms with E-state index in [1.165, 1.54) is 28.1 Å². The Morgan fingerprint density at radius 2 is 1.81 bits per heavy atom. The van der Waals surface area contributed by atoms with Crippen molar-refractivity contribution in [3.63, 3.8) is 0 Å². The van der Waals surface area contributed by atoms with Gasteiger partial charge in [0, 0.05) is 24.9 Å². The number of hydrogen-bond donors (Lipinski definition) is 1. The topological polar surface area (TPSA) is 69.7 Å². The van der Waals surface area contributed by atoms with Crippen LogP contribution in [0.2, 0.25) is 0 Å². The summed E-state index contributed by atoms with van der Waals surface area (Å²) in [5, 5.41) is 5.95. The maximum atomic E-state index is 12.0. The van der Waals surface area contributed by atoms with Crippen molar-refractivity contribution in [2.24, 2.45) is 0 Å². The fraction of sp³-hybridized carbons (Fsp3) is 0.267. The fourth-order valence-corrected chi connectivity index (χ4v) is 4.59. The molecule has 1 fully saturated rings. The SMILES string of the molecule is O=C(OCCOc1ccc(C2CCNCC2OCc2ccc3ccccc3c2)cc1)c1cccnc1. The predicted octanol–water partition coefficient (Wildman–Crippen LogP) is 5.13. The monoisotopic (exact) mass is 482 g/mol. The molecule has 0 bridgehead atoms. The van der Waals surface area contributed by atoms with Gasteiger partial charge >= 0.3 is 5.97 Å². The number of ether oxygens (including phenoxy) is 3. The van der Waals surface area contributed by atoms with Gasteiger partial charge in [-0.25, -0.2) is 4.79 Å². The molecule has 1 aliphatic rings. The zero-order chi connectivity index (χ0) is 24.6. The Morgan fingerprint density at radius 3 is 2.64 bits per heavy atom. The highest BCUT2D eigenvalue weighted by atomic mass is 16.6. The number of esters is 1. The van der Waals surface area contributed by atoms with Crippen molar-refractivity contribution in [2.75, 3.05) is 26.3 Å². The molecule has 4 aromatic rings. The van der Waals surface area contributed by atoms with Crippen molar-refractivity contribution in [3.05, 3.63) is 108 Å². The standard InChI is InChI=1S/C30H30N2O4/c33-30(26-6-3-14-31-19-26)35-17-16-34-27-11-9-24(10-12-27)28-13-15-32-20-29(28)36-21-22-7-8-23-4-1-2-5-25(23)18-22/h1-12,14,18-19,28-29,32H,13,15-17,20-21H2. The number of benzene rings is 3. The summed E-state index contributed by atoms with van der Waals surface area (Å²) in [6.07, 6.45) is 4.23. The quantitative estimate of drug-likeness (QED) is 0.263. The number of carbonyl (C=O) groups is 1. The summed E-state index contributed by atoms with van der Waals surface area (Å²) < 4.78 is 17.4. The lowest BCUT2D eigenvalue weighted by Gasteiger charge is -2.32. The number of piperidine rings is 1. The second-order valence-electron chi connectivity index (χ2n) is 8.93. The average molecular weight is 483 g/mol. The lowest BCUT2D eigenvalue weighted by atomic mass is 9.87. The first kappa shape index (κ1) is 24.0. The molecule has 0 aliphatic carbocycles. The minimum atomic E-state index is -0.400. The molecule has 184 valence electrons. The van der Waals surface area contributed by atoms with E-state index in [4.69, 9.17) is 14.2 Å². The van der Waals surface area contributed by atoms with Crippen molar-refractivity contribution in [1.29, 1.82) is 0 Å². The van der Waals surface area contributed by atoms with Crippen LogP contribution in [0.15, 0.2) is 91.3 Å². The van der Waals surface area contributed by atoms with E-state index in [9.17, 15) is 4.79 Å². The average Bonchev–Trinajstić information content (AvgIpc) is 2.95. The van der Waals surface area contributed by atoms with Gasteiger partial charge in [-0.15, -0.1) is 0 Å². The molecule has 36 heavy (non-hydrogen) atoms. The lowest BCUT2D eigenvalue weighted by Crippen LogP contribution is -2.40. The molecule has 0 spiro atoms.